The van der Waals surface area contributed by atoms with Crippen molar-refractivity contribution in [1.29, 1.82) is 0 Å². The second-order valence-electron chi connectivity index (χ2n) is 7.85. The predicted molar refractivity (Wildman–Crippen MR) is 122 cm³/mol. The van der Waals surface area contributed by atoms with E-state index in [0.29, 0.717) is 17.3 Å². The number of halogens is 2. The number of anilines is 1. The maximum atomic E-state index is 13.6. The van der Waals surface area contributed by atoms with Crippen molar-refractivity contribution >= 4 is 34.2 Å². The Bertz CT molecular complexity index is 1280. The molecular formula is C25H21ClFN3O. The number of aromatic nitrogens is 1. The third kappa shape index (κ3) is 3.55. The van der Waals surface area contributed by atoms with E-state index < -0.39 is 0 Å². The Morgan fingerprint density at radius 1 is 1.13 bits per heavy atom. The van der Waals surface area contributed by atoms with Crippen molar-refractivity contribution in [2.45, 2.75) is 19.4 Å². The van der Waals surface area contributed by atoms with E-state index in [-0.39, 0.29) is 17.9 Å². The van der Waals surface area contributed by atoms with Crippen molar-refractivity contribution in [2.24, 2.45) is 0 Å². The summed E-state index contributed by atoms with van der Waals surface area (Å²) in [6.07, 6.45) is 0.735. The summed E-state index contributed by atoms with van der Waals surface area (Å²) >= 11 is 6.23. The Balaban J connectivity index is 1.56. The lowest BCUT2D eigenvalue weighted by Crippen LogP contribution is -2.43. The van der Waals surface area contributed by atoms with E-state index in [4.69, 9.17) is 11.6 Å². The number of hydrogen-bond donors (Lipinski definition) is 2. The van der Waals surface area contributed by atoms with Crippen molar-refractivity contribution in [3.63, 3.8) is 0 Å². The molecule has 0 bridgehead atoms. The fraction of sp³-hybridized carbons (Fsp3) is 0.160. The number of aromatic amines is 1. The summed E-state index contributed by atoms with van der Waals surface area (Å²) in [6, 6.07) is 19.4. The highest BCUT2D eigenvalue weighted by Crippen LogP contribution is 2.38. The molecule has 156 valence electrons. The zero-order valence-electron chi connectivity index (χ0n) is 17.0. The molecule has 3 aromatic carbocycles. The summed E-state index contributed by atoms with van der Waals surface area (Å²) in [7, 11) is 0. The molecule has 1 aliphatic rings. The van der Waals surface area contributed by atoms with Crippen LogP contribution in [0.4, 0.5) is 14.9 Å². The van der Waals surface area contributed by atoms with Gasteiger partial charge in [0.1, 0.15) is 5.82 Å². The monoisotopic (exact) mass is 433 g/mol. The molecule has 0 saturated carbocycles. The molecule has 31 heavy (non-hydrogen) atoms. The molecule has 2 amide bonds. The lowest BCUT2D eigenvalue weighted by Gasteiger charge is -2.36. The fourth-order valence-electron chi connectivity index (χ4n) is 4.32. The van der Waals surface area contributed by atoms with Gasteiger partial charge in [0.25, 0.3) is 0 Å². The number of fused-ring (bicyclic) bond motifs is 3. The molecule has 6 heteroatoms. The van der Waals surface area contributed by atoms with Crippen LogP contribution in [0.25, 0.3) is 10.9 Å². The van der Waals surface area contributed by atoms with Gasteiger partial charge >= 0.3 is 6.03 Å². The molecule has 0 saturated heterocycles. The number of hydrogen-bond acceptors (Lipinski definition) is 1. The molecule has 1 aliphatic heterocycles. The quantitative estimate of drug-likeness (QED) is 0.375. The van der Waals surface area contributed by atoms with E-state index in [1.165, 1.54) is 17.7 Å². The number of carbonyl (C=O) groups is 1. The summed E-state index contributed by atoms with van der Waals surface area (Å²) in [5.74, 6) is -0.304. The van der Waals surface area contributed by atoms with Crippen LogP contribution in [0.15, 0.2) is 66.7 Å². The summed E-state index contributed by atoms with van der Waals surface area (Å²) < 4.78 is 13.6. The highest BCUT2D eigenvalue weighted by Gasteiger charge is 2.34. The zero-order chi connectivity index (χ0) is 21.5. The zero-order valence-corrected chi connectivity index (χ0v) is 17.7. The molecule has 5 rings (SSSR count). The average molecular weight is 434 g/mol. The van der Waals surface area contributed by atoms with Gasteiger partial charge in [0.15, 0.2) is 0 Å². The van der Waals surface area contributed by atoms with E-state index in [1.54, 1.807) is 23.1 Å². The van der Waals surface area contributed by atoms with Crippen LogP contribution in [-0.4, -0.2) is 22.5 Å². The predicted octanol–water partition coefficient (Wildman–Crippen LogP) is 6.45. The number of aryl methyl sites for hydroxylation is 1. The average Bonchev–Trinajstić information content (AvgIpc) is 3.15. The number of para-hydroxylation sites is 1. The van der Waals surface area contributed by atoms with Crippen LogP contribution in [0.5, 0.6) is 0 Å². The van der Waals surface area contributed by atoms with Crippen LogP contribution in [0.1, 0.15) is 28.4 Å². The number of amides is 2. The second-order valence-corrected chi connectivity index (χ2v) is 8.26. The Labute approximate surface area is 184 Å². The number of rotatable bonds is 2. The maximum absolute atomic E-state index is 13.6. The van der Waals surface area contributed by atoms with Gasteiger partial charge < -0.3 is 15.2 Å². The van der Waals surface area contributed by atoms with Gasteiger partial charge in [-0.2, -0.15) is 0 Å². The normalized spacial score (nSPS) is 15.7. The molecule has 2 heterocycles. The van der Waals surface area contributed by atoms with Crippen molar-refractivity contribution in [2.75, 3.05) is 11.9 Å². The van der Waals surface area contributed by atoms with Gasteiger partial charge in [-0.3, -0.25) is 0 Å². The number of nitrogens with zero attached hydrogens (tertiary/aromatic N) is 1. The van der Waals surface area contributed by atoms with Gasteiger partial charge in [0.2, 0.25) is 0 Å². The molecule has 0 spiro atoms. The van der Waals surface area contributed by atoms with E-state index in [0.717, 1.165) is 34.1 Å². The lowest BCUT2D eigenvalue weighted by atomic mass is 9.92. The minimum Gasteiger partial charge on any atom is -0.356 e. The summed E-state index contributed by atoms with van der Waals surface area (Å²) in [5, 5.41) is 4.73. The highest BCUT2D eigenvalue weighted by atomic mass is 35.5. The van der Waals surface area contributed by atoms with Crippen molar-refractivity contribution in [3.05, 3.63) is 100.0 Å². The van der Waals surface area contributed by atoms with Crippen LogP contribution in [-0.2, 0) is 6.42 Å². The molecule has 4 aromatic rings. The summed E-state index contributed by atoms with van der Waals surface area (Å²) in [6.45, 7) is 2.46. The third-order valence-corrected chi connectivity index (χ3v) is 6.31. The van der Waals surface area contributed by atoms with Gasteiger partial charge in [-0.05, 0) is 60.4 Å². The molecule has 2 N–H and O–H groups in total. The van der Waals surface area contributed by atoms with Crippen LogP contribution in [0, 0.1) is 12.7 Å². The smallest absolute Gasteiger partial charge is 0.322 e. The fourth-order valence-corrected chi connectivity index (χ4v) is 4.50. The Morgan fingerprint density at radius 3 is 2.68 bits per heavy atom. The van der Waals surface area contributed by atoms with Crippen molar-refractivity contribution in [1.82, 2.24) is 9.88 Å². The molecule has 0 aliphatic carbocycles. The maximum Gasteiger partial charge on any atom is 0.322 e. The van der Waals surface area contributed by atoms with Gasteiger partial charge in [-0.15, -0.1) is 0 Å². The number of nitrogens with one attached hydrogen (secondary N) is 2. The number of carbonyl (C=O) groups excluding carboxylic acids is 1. The van der Waals surface area contributed by atoms with Gasteiger partial charge in [0, 0.05) is 33.9 Å². The molecule has 1 atom stereocenters. The first-order chi connectivity index (χ1) is 15.0. The Morgan fingerprint density at radius 2 is 1.90 bits per heavy atom. The first-order valence-electron chi connectivity index (χ1n) is 10.2. The van der Waals surface area contributed by atoms with Crippen LogP contribution in [0.2, 0.25) is 5.02 Å². The SMILES string of the molecule is Cc1ccc(NC(=O)N2CCc3c([nH]c4ccccc34)[C@@H]2c2ccc(F)cc2)cc1Cl. The number of H-pyrrole nitrogens is 1. The van der Waals surface area contributed by atoms with E-state index in [9.17, 15) is 9.18 Å². The second kappa shape index (κ2) is 7.75. The van der Waals surface area contributed by atoms with Crippen molar-refractivity contribution in [3.8, 4) is 0 Å². The largest absolute Gasteiger partial charge is 0.356 e. The number of urea groups is 1. The standard InChI is InChI=1S/C25H21ClFN3O/c1-15-6-11-18(14-21(15)26)28-25(31)30-13-12-20-19-4-2-3-5-22(19)29-23(20)24(30)16-7-9-17(27)10-8-16/h2-11,14,24,29H,12-13H2,1H3,(H,28,31)/t24-/m0/s1. The van der Waals surface area contributed by atoms with Gasteiger partial charge in [0.05, 0.1) is 6.04 Å². The van der Waals surface area contributed by atoms with E-state index >= 15 is 0 Å². The van der Waals surface area contributed by atoms with E-state index in [1.807, 2.05) is 37.3 Å². The van der Waals surface area contributed by atoms with Gasteiger partial charge in [-0.1, -0.05) is 48.0 Å². The van der Waals surface area contributed by atoms with Crippen LogP contribution in [0.3, 0.4) is 0 Å². The molecule has 1 aromatic heterocycles. The molecule has 0 unspecified atom stereocenters. The minimum atomic E-state index is -0.349. The topological polar surface area (TPSA) is 48.1 Å². The lowest BCUT2D eigenvalue weighted by molar-refractivity contribution is 0.193. The van der Waals surface area contributed by atoms with Gasteiger partial charge in [-0.25, -0.2) is 9.18 Å². The summed E-state index contributed by atoms with van der Waals surface area (Å²) in [4.78, 5) is 18.6. The first kappa shape index (κ1) is 19.6. The van der Waals surface area contributed by atoms with E-state index in [2.05, 4.69) is 16.4 Å². The third-order valence-electron chi connectivity index (χ3n) is 5.90. The number of benzene rings is 3. The highest BCUT2D eigenvalue weighted by molar-refractivity contribution is 6.31. The van der Waals surface area contributed by atoms with Crippen LogP contribution >= 0.6 is 11.6 Å². The first-order valence-corrected chi connectivity index (χ1v) is 10.6. The van der Waals surface area contributed by atoms with Crippen molar-refractivity contribution < 1.29 is 9.18 Å². The minimum absolute atomic E-state index is 0.224. The summed E-state index contributed by atoms with van der Waals surface area (Å²) in [5.41, 5.74) is 5.65. The Kier molecular flexibility index (Phi) is 4.91. The molecule has 0 fully saturated rings. The molecule has 0 radical (unpaired) electrons. The molecule has 4 nitrogen and oxygen atoms in total. The van der Waals surface area contributed by atoms with Crippen LogP contribution < -0.4 is 5.32 Å². The molecular weight excluding hydrogens is 413 g/mol. The Hall–Kier alpha value is -3.31.